The van der Waals surface area contributed by atoms with Gasteiger partial charge in [0, 0.05) is 42.3 Å². The van der Waals surface area contributed by atoms with Crippen molar-refractivity contribution in [3.8, 4) is 0 Å². The molecule has 1 saturated heterocycles. The fourth-order valence-corrected chi connectivity index (χ4v) is 7.71. The molecule has 1 aromatic rings. The quantitative estimate of drug-likeness (QED) is 0.636. The highest BCUT2D eigenvalue weighted by molar-refractivity contribution is 9.10. The number of hydrogen-bond acceptors (Lipinski definition) is 4. The Morgan fingerprint density at radius 1 is 1.09 bits per heavy atom. The van der Waals surface area contributed by atoms with Gasteiger partial charge >= 0.3 is 0 Å². The fourth-order valence-electron chi connectivity index (χ4n) is 5.12. The number of piperidine rings is 1. The topological polar surface area (TPSA) is 86.8 Å². The number of carbonyl (C=O) groups excluding carboxylic acids is 2. The van der Waals surface area contributed by atoms with Crippen LogP contribution in [0.25, 0.3) is 0 Å². The fraction of sp³-hybridized carbons (Fsp3) is 0.652. The standard InChI is InChI=1S/C23H32BrN3O4S/c1-2-22(28)27-12-10-16-13-19(24)21(14-20(16)27)32(30,31)26-11-6-7-17(15-26)23(29)25-18-8-4-3-5-9-18/h13-14,17-18H,2-12,15H2,1H3,(H,25,29). The SMILES string of the molecule is CCC(=O)N1CCc2cc(Br)c(S(=O)(=O)N3CCCC(C(=O)NC4CCCCC4)C3)cc21. The van der Waals surface area contributed by atoms with E-state index in [-0.39, 0.29) is 35.2 Å². The number of hydrogen-bond donors (Lipinski definition) is 1. The van der Waals surface area contributed by atoms with Crippen LogP contribution in [0.4, 0.5) is 5.69 Å². The Balaban J connectivity index is 1.53. The van der Waals surface area contributed by atoms with Crippen LogP contribution in [0.2, 0.25) is 0 Å². The summed E-state index contributed by atoms with van der Waals surface area (Å²) in [7, 11) is -3.80. The minimum Gasteiger partial charge on any atom is -0.353 e. The smallest absolute Gasteiger partial charge is 0.244 e. The molecule has 2 fully saturated rings. The summed E-state index contributed by atoms with van der Waals surface area (Å²) in [6.45, 7) is 2.98. The second-order valence-electron chi connectivity index (χ2n) is 9.11. The third-order valence-corrected chi connectivity index (χ3v) is 9.78. The first-order valence-electron chi connectivity index (χ1n) is 11.7. The first-order valence-corrected chi connectivity index (χ1v) is 14.0. The van der Waals surface area contributed by atoms with Gasteiger partial charge in [0.05, 0.1) is 10.8 Å². The Morgan fingerprint density at radius 3 is 2.56 bits per heavy atom. The number of amides is 2. The number of halogens is 1. The Labute approximate surface area is 199 Å². The van der Waals surface area contributed by atoms with Gasteiger partial charge in [0.1, 0.15) is 0 Å². The summed E-state index contributed by atoms with van der Waals surface area (Å²) >= 11 is 3.45. The van der Waals surface area contributed by atoms with Crippen LogP contribution in [-0.4, -0.2) is 50.2 Å². The summed E-state index contributed by atoms with van der Waals surface area (Å²) in [6, 6.07) is 3.67. The predicted molar refractivity (Wildman–Crippen MR) is 127 cm³/mol. The molecular formula is C23H32BrN3O4S. The normalized spacial score (nSPS) is 22.6. The molecule has 0 radical (unpaired) electrons. The van der Waals surface area contributed by atoms with E-state index < -0.39 is 10.0 Å². The van der Waals surface area contributed by atoms with Crippen LogP contribution in [0.5, 0.6) is 0 Å². The molecule has 1 saturated carbocycles. The summed E-state index contributed by atoms with van der Waals surface area (Å²) in [4.78, 5) is 27.0. The van der Waals surface area contributed by atoms with E-state index >= 15 is 0 Å². The molecule has 32 heavy (non-hydrogen) atoms. The van der Waals surface area contributed by atoms with E-state index in [0.29, 0.717) is 48.9 Å². The van der Waals surface area contributed by atoms with Gasteiger partial charge in [-0.2, -0.15) is 4.31 Å². The molecule has 0 spiro atoms. The van der Waals surface area contributed by atoms with E-state index in [4.69, 9.17) is 0 Å². The number of carbonyl (C=O) groups is 2. The maximum absolute atomic E-state index is 13.6. The average molecular weight is 526 g/mol. The maximum atomic E-state index is 13.6. The number of fused-ring (bicyclic) bond motifs is 1. The first kappa shape index (κ1) is 23.7. The van der Waals surface area contributed by atoms with Crippen molar-refractivity contribution in [2.75, 3.05) is 24.5 Å². The number of benzene rings is 1. The molecule has 1 unspecified atom stereocenters. The zero-order valence-electron chi connectivity index (χ0n) is 18.6. The lowest BCUT2D eigenvalue weighted by molar-refractivity contribution is -0.127. The van der Waals surface area contributed by atoms with Crippen molar-refractivity contribution >= 4 is 43.5 Å². The number of nitrogens with zero attached hydrogens (tertiary/aromatic N) is 2. The third kappa shape index (κ3) is 4.75. The van der Waals surface area contributed by atoms with Gasteiger partial charge in [-0.1, -0.05) is 26.2 Å². The van der Waals surface area contributed by atoms with Crippen LogP contribution in [0.1, 0.15) is 63.9 Å². The van der Waals surface area contributed by atoms with E-state index in [2.05, 4.69) is 21.2 Å². The van der Waals surface area contributed by atoms with Gasteiger partial charge < -0.3 is 10.2 Å². The van der Waals surface area contributed by atoms with Crippen LogP contribution in [0.3, 0.4) is 0 Å². The van der Waals surface area contributed by atoms with Crippen molar-refractivity contribution < 1.29 is 18.0 Å². The highest BCUT2D eigenvalue weighted by Gasteiger charge is 2.36. The van der Waals surface area contributed by atoms with Gasteiger partial charge in [0.15, 0.2) is 0 Å². The number of sulfonamides is 1. The van der Waals surface area contributed by atoms with Crippen LogP contribution in [0.15, 0.2) is 21.5 Å². The molecule has 2 amide bonds. The first-order chi connectivity index (χ1) is 15.3. The van der Waals surface area contributed by atoms with E-state index in [1.54, 1.807) is 11.0 Å². The Hall–Kier alpha value is -1.45. The highest BCUT2D eigenvalue weighted by atomic mass is 79.9. The molecule has 0 bridgehead atoms. The van der Waals surface area contributed by atoms with Crippen molar-refractivity contribution in [1.82, 2.24) is 9.62 Å². The zero-order chi connectivity index (χ0) is 22.9. The van der Waals surface area contributed by atoms with E-state index in [1.165, 1.54) is 10.7 Å². The predicted octanol–water partition coefficient (Wildman–Crippen LogP) is 3.60. The highest BCUT2D eigenvalue weighted by Crippen LogP contribution is 2.37. The van der Waals surface area contributed by atoms with E-state index in [1.807, 2.05) is 13.0 Å². The molecule has 1 aromatic carbocycles. The molecule has 0 aromatic heterocycles. The minimum absolute atomic E-state index is 0.00755. The zero-order valence-corrected chi connectivity index (χ0v) is 21.0. The number of nitrogens with one attached hydrogen (secondary N) is 1. The lowest BCUT2D eigenvalue weighted by Gasteiger charge is -2.33. The van der Waals surface area contributed by atoms with Crippen LogP contribution < -0.4 is 10.2 Å². The molecular weight excluding hydrogens is 494 g/mol. The molecule has 4 rings (SSSR count). The van der Waals surface area contributed by atoms with Crippen LogP contribution >= 0.6 is 15.9 Å². The summed E-state index contributed by atoms with van der Waals surface area (Å²) < 4.78 is 29.1. The number of anilines is 1. The van der Waals surface area contributed by atoms with Crippen molar-refractivity contribution in [3.63, 3.8) is 0 Å². The third-order valence-electron chi connectivity index (χ3n) is 6.96. The molecule has 2 heterocycles. The molecule has 9 heteroatoms. The van der Waals surface area contributed by atoms with Crippen LogP contribution in [-0.2, 0) is 26.0 Å². The maximum Gasteiger partial charge on any atom is 0.244 e. The summed E-state index contributed by atoms with van der Waals surface area (Å²) in [5.74, 6) is -0.358. The summed E-state index contributed by atoms with van der Waals surface area (Å²) in [6.07, 6.45) is 7.97. The Bertz CT molecular complexity index is 991. The monoisotopic (exact) mass is 525 g/mol. The average Bonchev–Trinajstić information content (AvgIpc) is 3.21. The molecule has 176 valence electrons. The van der Waals surface area contributed by atoms with Crippen LogP contribution in [0, 0.1) is 5.92 Å². The molecule has 3 aliphatic rings. The Morgan fingerprint density at radius 2 is 1.84 bits per heavy atom. The lowest BCUT2D eigenvalue weighted by Crippen LogP contribution is -2.47. The minimum atomic E-state index is -3.80. The Kier molecular flexibility index (Phi) is 7.27. The molecule has 1 N–H and O–H groups in total. The van der Waals surface area contributed by atoms with Crippen molar-refractivity contribution in [2.45, 2.75) is 75.6 Å². The second-order valence-corrected chi connectivity index (χ2v) is 11.9. The lowest BCUT2D eigenvalue weighted by atomic mass is 9.93. The summed E-state index contributed by atoms with van der Waals surface area (Å²) in [5.41, 5.74) is 1.66. The number of rotatable bonds is 5. The van der Waals surface area contributed by atoms with Gasteiger partial charge in [-0.25, -0.2) is 8.42 Å². The summed E-state index contributed by atoms with van der Waals surface area (Å²) in [5, 5.41) is 3.16. The van der Waals surface area contributed by atoms with Crippen molar-refractivity contribution in [2.24, 2.45) is 5.92 Å². The van der Waals surface area contributed by atoms with E-state index in [9.17, 15) is 18.0 Å². The van der Waals surface area contributed by atoms with Crippen molar-refractivity contribution in [1.29, 1.82) is 0 Å². The van der Waals surface area contributed by atoms with Gasteiger partial charge in [0.2, 0.25) is 21.8 Å². The van der Waals surface area contributed by atoms with Crippen molar-refractivity contribution in [3.05, 3.63) is 22.2 Å². The van der Waals surface area contributed by atoms with Gasteiger partial charge in [-0.15, -0.1) is 0 Å². The van der Waals surface area contributed by atoms with Gasteiger partial charge in [-0.3, -0.25) is 9.59 Å². The van der Waals surface area contributed by atoms with Gasteiger partial charge in [0.25, 0.3) is 0 Å². The molecule has 1 aliphatic carbocycles. The molecule has 2 aliphatic heterocycles. The van der Waals surface area contributed by atoms with E-state index in [0.717, 1.165) is 31.2 Å². The largest absolute Gasteiger partial charge is 0.353 e. The molecule has 7 nitrogen and oxygen atoms in total. The second kappa shape index (κ2) is 9.81. The van der Waals surface area contributed by atoms with Gasteiger partial charge in [-0.05, 0) is 65.7 Å². The molecule has 1 atom stereocenters.